The molecule has 61 heavy (non-hydrogen) atoms. The Balaban J connectivity index is 0.648. The van der Waals surface area contributed by atoms with E-state index in [-0.39, 0.29) is 55.5 Å². The maximum absolute atomic E-state index is 13.1. The molecule has 1 N–H and O–H groups in total. The van der Waals surface area contributed by atoms with Crippen LogP contribution in [0.25, 0.3) is 32.9 Å². The molecule has 16 nitrogen and oxygen atoms in total. The Hall–Kier alpha value is -6.94. The number of ether oxygens (including phenoxy) is 4. The third-order valence-corrected chi connectivity index (χ3v) is 12.0. The summed E-state index contributed by atoms with van der Waals surface area (Å²) in [5.41, 5.74) is 4.78. The first kappa shape index (κ1) is 38.3. The van der Waals surface area contributed by atoms with E-state index in [1.165, 1.54) is 17.5 Å². The summed E-state index contributed by atoms with van der Waals surface area (Å²) in [5.74, 6) is 0.0348. The highest BCUT2D eigenvalue weighted by Crippen LogP contribution is 2.35. The molecule has 0 bridgehead atoms. The van der Waals surface area contributed by atoms with Gasteiger partial charge in [-0.15, -0.1) is 5.10 Å². The van der Waals surface area contributed by atoms with Crippen LogP contribution in [0.3, 0.4) is 0 Å². The average Bonchev–Trinajstić information content (AvgIpc) is 3.69. The fraction of sp³-hybridized carbons (Fsp3) is 0.333. The van der Waals surface area contributed by atoms with Crippen molar-refractivity contribution in [1.29, 1.82) is 0 Å². The standard InChI is InChI=1S/C45H42N8O8/c1-51-37-10-13-46-25-36(37)33-5-2-26(18-39(33)51)27-3-9-42(47-23-27)61-31-19-30(20-31)60-28-11-14-52(15-12-28)40-22-32(24-48-50-40)59-17-16-58-29-4-6-34-35(21-29)45(57)53(44(34)56)38-7-8-41(54)49-43(38)55/h2-6,9-10,13,18,21-25,28,30-31,38H,7-8,11-12,14-17,19-20H2,1H3,(H,49,54,55)/t30-,31-,38?. The summed E-state index contributed by atoms with van der Waals surface area (Å²) in [6, 6.07) is 17.9. The quantitative estimate of drug-likeness (QED) is 0.128. The number of hydrogen-bond acceptors (Lipinski definition) is 13. The summed E-state index contributed by atoms with van der Waals surface area (Å²) in [4.78, 5) is 62.0. The molecule has 2 saturated heterocycles. The van der Waals surface area contributed by atoms with Crippen molar-refractivity contribution in [3.05, 3.63) is 96.6 Å². The van der Waals surface area contributed by atoms with Gasteiger partial charge in [-0.1, -0.05) is 12.1 Å². The van der Waals surface area contributed by atoms with Gasteiger partial charge < -0.3 is 28.4 Å². The number of nitrogens with zero attached hydrogens (tertiary/aromatic N) is 7. The molecule has 6 aromatic rings. The summed E-state index contributed by atoms with van der Waals surface area (Å²) in [5, 5.41) is 13.0. The first-order valence-electron chi connectivity index (χ1n) is 20.6. The lowest BCUT2D eigenvalue weighted by molar-refractivity contribution is -0.136. The van der Waals surface area contributed by atoms with E-state index in [0.717, 1.165) is 77.0 Å². The van der Waals surface area contributed by atoms with Crippen LogP contribution in [0, 0.1) is 0 Å². The third kappa shape index (κ3) is 7.47. The van der Waals surface area contributed by atoms with Gasteiger partial charge in [-0.25, -0.2) is 4.98 Å². The number of amides is 4. The van der Waals surface area contributed by atoms with E-state index < -0.39 is 29.7 Å². The summed E-state index contributed by atoms with van der Waals surface area (Å²) >= 11 is 0. The zero-order valence-corrected chi connectivity index (χ0v) is 33.4. The van der Waals surface area contributed by atoms with Gasteiger partial charge in [-0.2, -0.15) is 5.10 Å². The van der Waals surface area contributed by atoms with Gasteiger partial charge in [0.1, 0.15) is 36.9 Å². The van der Waals surface area contributed by atoms with E-state index in [0.29, 0.717) is 17.4 Å². The van der Waals surface area contributed by atoms with Crippen LogP contribution >= 0.6 is 0 Å². The largest absolute Gasteiger partial charge is 0.490 e. The number of carbonyl (C=O) groups excluding carboxylic acids is 4. The summed E-state index contributed by atoms with van der Waals surface area (Å²) in [6.07, 6.45) is 11.1. The van der Waals surface area contributed by atoms with Gasteiger partial charge >= 0.3 is 0 Å². The number of fused-ring (bicyclic) bond motifs is 4. The van der Waals surface area contributed by atoms with Gasteiger partial charge in [0, 0.05) is 92.0 Å². The Labute approximate surface area is 349 Å². The smallest absolute Gasteiger partial charge is 0.262 e. The van der Waals surface area contributed by atoms with Gasteiger partial charge in [-0.05, 0) is 61.2 Å². The van der Waals surface area contributed by atoms with E-state index in [4.69, 9.17) is 18.9 Å². The Kier molecular flexibility index (Phi) is 9.99. The molecular formula is C45H42N8O8. The van der Waals surface area contributed by atoms with Gasteiger partial charge in [-0.3, -0.25) is 34.4 Å². The second-order valence-electron chi connectivity index (χ2n) is 15.8. The van der Waals surface area contributed by atoms with Crippen LogP contribution in [-0.2, 0) is 21.4 Å². The summed E-state index contributed by atoms with van der Waals surface area (Å²) < 4.78 is 26.6. The van der Waals surface area contributed by atoms with Crippen molar-refractivity contribution in [2.75, 3.05) is 31.2 Å². The molecule has 4 amide bonds. The van der Waals surface area contributed by atoms with Crippen molar-refractivity contribution in [2.24, 2.45) is 7.05 Å². The number of rotatable bonds is 12. The lowest BCUT2D eigenvalue weighted by Crippen LogP contribution is -2.54. The molecule has 16 heteroatoms. The number of anilines is 1. The number of pyridine rings is 2. The molecule has 0 radical (unpaired) electrons. The normalized spacial score (nSPS) is 20.5. The number of hydrogen-bond donors (Lipinski definition) is 1. The van der Waals surface area contributed by atoms with E-state index in [1.807, 2.05) is 36.8 Å². The summed E-state index contributed by atoms with van der Waals surface area (Å²) in [6.45, 7) is 1.92. The fourth-order valence-electron chi connectivity index (χ4n) is 8.67. The van der Waals surface area contributed by atoms with Crippen molar-refractivity contribution in [3.8, 4) is 28.5 Å². The Morgan fingerprint density at radius 3 is 2.34 bits per heavy atom. The molecule has 4 aliphatic rings. The number of imide groups is 2. The van der Waals surface area contributed by atoms with Gasteiger partial charge in [0.05, 0.1) is 35.0 Å². The number of aryl methyl sites for hydroxylation is 1. The lowest BCUT2D eigenvalue weighted by Gasteiger charge is -2.39. The average molecular weight is 823 g/mol. The molecule has 10 rings (SSSR count). The highest BCUT2D eigenvalue weighted by atomic mass is 16.5. The Morgan fingerprint density at radius 1 is 0.738 bits per heavy atom. The molecule has 3 aliphatic heterocycles. The van der Waals surface area contributed by atoms with Gasteiger partial charge in [0.25, 0.3) is 11.8 Å². The monoisotopic (exact) mass is 822 g/mol. The van der Waals surface area contributed by atoms with Crippen molar-refractivity contribution < 1.29 is 38.1 Å². The molecule has 310 valence electrons. The Bertz CT molecular complexity index is 2690. The third-order valence-electron chi connectivity index (χ3n) is 12.0. The maximum Gasteiger partial charge on any atom is 0.262 e. The molecule has 3 fully saturated rings. The van der Waals surface area contributed by atoms with E-state index in [2.05, 4.69) is 66.3 Å². The van der Waals surface area contributed by atoms with Crippen molar-refractivity contribution >= 4 is 51.3 Å². The van der Waals surface area contributed by atoms with Crippen LogP contribution in [0.15, 0.2) is 85.5 Å². The van der Waals surface area contributed by atoms with E-state index in [9.17, 15) is 19.2 Å². The van der Waals surface area contributed by atoms with E-state index in [1.54, 1.807) is 12.3 Å². The second kappa shape index (κ2) is 15.9. The molecule has 1 aliphatic carbocycles. The fourth-order valence-corrected chi connectivity index (χ4v) is 8.67. The molecule has 4 aromatic heterocycles. The van der Waals surface area contributed by atoms with E-state index >= 15 is 0 Å². The minimum absolute atomic E-state index is 0.0561. The van der Waals surface area contributed by atoms with Gasteiger partial charge in [0.2, 0.25) is 17.7 Å². The van der Waals surface area contributed by atoms with Gasteiger partial charge in [0.15, 0.2) is 5.82 Å². The Morgan fingerprint density at radius 2 is 1.54 bits per heavy atom. The minimum Gasteiger partial charge on any atom is -0.490 e. The minimum atomic E-state index is -1.03. The zero-order chi connectivity index (χ0) is 41.6. The molecule has 1 unspecified atom stereocenters. The number of aromatic nitrogens is 5. The van der Waals surface area contributed by atoms with Crippen LogP contribution in [0.1, 0.15) is 59.2 Å². The number of piperidine rings is 2. The predicted molar refractivity (Wildman–Crippen MR) is 221 cm³/mol. The predicted octanol–water partition coefficient (Wildman–Crippen LogP) is 5.03. The number of nitrogens with one attached hydrogen (secondary N) is 1. The topological polar surface area (TPSA) is 180 Å². The molecule has 1 atom stereocenters. The molecular weight excluding hydrogens is 781 g/mol. The molecule has 1 saturated carbocycles. The van der Waals surface area contributed by atoms with Crippen LogP contribution in [-0.4, -0.2) is 104 Å². The van der Waals surface area contributed by atoms with Crippen molar-refractivity contribution in [2.45, 2.75) is 62.9 Å². The van der Waals surface area contributed by atoms with Crippen LogP contribution in [0.4, 0.5) is 5.82 Å². The van der Waals surface area contributed by atoms with Crippen molar-refractivity contribution in [3.63, 3.8) is 0 Å². The van der Waals surface area contributed by atoms with Crippen LogP contribution in [0.5, 0.6) is 17.4 Å². The number of carbonyl (C=O) groups is 4. The number of benzene rings is 2. The molecule has 2 aromatic carbocycles. The first-order chi connectivity index (χ1) is 29.8. The first-order valence-corrected chi connectivity index (χ1v) is 20.6. The highest BCUT2D eigenvalue weighted by Gasteiger charge is 2.45. The second-order valence-corrected chi connectivity index (χ2v) is 15.8. The maximum atomic E-state index is 13.1. The summed E-state index contributed by atoms with van der Waals surface area (Å²) in [7, 11) is 2.08. The highest BCUT2D eigenvalue weighted by molar-refractivity contribution is 6.23. The molecule has 0 spiro atoms. The lowest BCUT2D eigenvalue weighted by atomic mass is 9.91. The molecule has 7 heterocycles. The van der Waals surface area contributed by atoms with Crippen LogP contribution < -0.4 is 24.4 Å². The van der Waals surface area contributed by atoms with Crippen LogP contribution in [0.2, 0.25) is 0 Å². The SMILES string of the molecule is Cn1c2ccncc2c2ccc(-c3ccc(O[C@H]4C[C@H](OC5CCN(c6cc(OCCOc7ccc8c(c7)C(=O)N(C7CCC(=O)NC7=O)C8=O)cnn6)CC5)C4)nc3)cc21. The van der Waals surface area contributed by atoms with Crippen molar-refractivity contribution in [1.82, 2.24) is 34.9 Å². The zero-order valence-electron chi connectivity index (χ0n) is 33.4.